The summed E-state index contributed by atoms with van der Waals surface area (Å²) in [5.74, 6) is -0.495. The number of nitrogens with zero attached hydrogens (tertiary/aromatic N) is 1. The lowest BCUT2D eigenvalue weighted by atomic mass is 10.2. The molecule has 0 saturated heterocycles. The lowest BCUT2D eigenvalue weighted by molar-refractivity contribution is -0.135. The monoisotopic (exact) mass is 386 g/mol. The Bertz CT molecular complexity index is 852. The van der Waals surface area contributed by atoms with E-state index in [2.05, 4.69) is 10.1 Å². The third-order valence-corrected chi connectivity index (χ3v) is 3.80. The van der Waals surface area contributed by atoms with Gasteiger partial charge in [-0.3, -0.25) is 9.59 Å². The number of likely N-dealkylation sites (N-methyl/N-ethyl adjacent to an activating group) is 1. The minimum absolute atomic E-state index is 0.155. The average molecular weight is 386 g/mol. The van der Waals surface area contributed by atoms with Gasteiger partial charge in [-0.15, -0.1) is 0 Å². The van der Waals surface area contributed by atoms with Crippen LogP contribution < -0.4 is 14.8 Å². The molecule has 28 heavy (non-hydrogen) atoms. The highest BCUT2D eigenvalue weighted by Crippen LogP contribution is 2.19. The van der Waals surface area contributed by atoms with Crippen LogP contribution in [0, 0.1) is 0 Å². The van der Waals surface area contributed by atoms with Crippen molar-refractivity contribution in [2.75, 3.05) is 39.7 Å². The van der Waals surface area contributed by atoms with Crippen molar-refractivity contribution >= 4 is 23.5 Å². The Labute approximate surface area is 163 Å². The normalized spacial score (nSPS) is 9.96. The molecule has 0 aliphatic carbocycles. The van der Waals surface area contributed by atoms with Gasteiger partial charge < -0.3 is 24.4 Å². The van der Waals surface area contributed by atoms with Gasteiger partial charge in [0.2, 0.25) is 5.91 Å². The molecule has 0 radical (unpaired) electrons. The first-order valence-electron chi connectivity index (χ1n) is 8.42. The van der Waals surface area contributed by atoms with Crippen molar-refractivity contribution in [2.45, 2.75) is 0 Å². The van der Waals surface area contributed by atoms with Crippen LogP contribution in [0.5, 0.6) is 11.5 Å². The van der Waals surface area contributed by atoms with E-state index >= 15 is 0 Å². The molecule has 1 N–H and O–H groups in total. The fourth-order valence-electron chi connectivity index (χ4n) is 2.33. The van der Waals surface area contributed by atoms with Crippen molar-refractivity contribution in [2.24, 2.45) is 0 Å². The number of rotatable bonds is 8. The van der Waals surface area contributed by atoms with E-state index in [-0.39, 0.29) is 30.4 Å². The van der Waals surface area contributed by atoms with Crippen molar-refractivity contribution in [3.05, 3.63) is 54.1 Å². The first-order chi connectivity index (χ1) is 13.4. The quantitative estimate of drug-likeness (QED) is 0.697. The number of nitrogens with one attached hydrogen (secondary N) is 1. The number of benzene rings is 2. The van der Waals surface area contributed by atoms with Gasteiger partial charge in [0.05, 0.1) is 20.8 Å². The van der Waals surface area contributed by atoms with Gasteiger partial charge in [0.15, 0.2) is 6.61 Å². The van der Waals surface area contributed by atoms with Crippen molar-refractivity contribution in [3.63, 3.8) is 0 Å². The van der Waals surface area contributed by atoms with Gasteiger partial charge in [0.25, 0.3) is 5.91 Å². The Hall–Kier alpha value is -3.55. The molecule has 0 heterocycles. The summed E-state index contributed by atoms with van der Waals surface area (Å²) in [6.07, 6.45) is 0. The van der Waals surface area contributed by atoms with E-state index in [4.69, 9.17) is 9.47 Å². The average Bonchev–Trinajstić information content (AvgIpc) is 2.71. The summed E-state index contributed by atoms with van der Waals surface area (Å²) in [4.78, 5) is 37.3. The predicted molar refractivity (Wildman–Crippen MR) is 103 cm³/mol. The van der Waals surface area contributed by atoms with Crippen molar-refractivity contribution in [1.29, 1.82) is 0 Å². The van der Waals surface area contributed by atoms with E-state index in [0.717, 1.165) is 0 Å². The molecule has 0 spiro atoms. The number of esters is 1. The van der Waals surface area contributed by atoms with Crippen LogP contribution in [0.3, 0.4) is 0 Å². The number of carbonyl (C=O) groups excluding carboxylic acids is 3. The highest BCUT2D eigenvalue weighted by molar-refractivity contribution is 5.95. The number of ether oxygens (including phenoxy) is 3. The Morgan fingerprint density at radius 1 is 1.04 bits per heavy atom. The molecule has 0 bridgehead atoms. The number of carbonyl (C=O) groups is 3. The van der Waals surface area contributed by atoms with Gasteiger partial charge in [-0.05, 0) is 24.3 Å². The number of hydrogen-bond acceptors (Lipinski definition) is 6. The smallest absolute Gasteiger partial charge is 0.341 e. The van der Waals surface area contributed by atoms with Gasteiger partial charge in [-0.1, -0.05) is 18.2 Å². The van der Waals surface area contributed by atoms with Crippen LogP contribution in [0.25, 0.3) is 0 Å². The molecule has 148 valence electrons. The highest BCUT2D eigenvalue weighted by atomic mass is 16.5. The summed E-state index contributed by atoms with van der Waals surface area (Å²) in [6.45, 7) is -0.477. The van der Waals surface area contributed by atoms with Crippen LogP contribution in [0.4, 0.5) is 5.69 Å². The summed E-state index contributed by atoms with van der Waals surface area (Å²) in [5.41, 5.74) is 0.782. The van der Waals surface area contributed by atoms with Crippen LogP contribution in [0.1, 0.15) is 10.4 Å². The lowest BCUT2D eigenvalue weighted by Crippen LogP contribution is -2.37. The van der Waals surface area contributed by atoms with Gasteiger partial charge in [-0.25, -0.2) is 4.79 Å². The fraction of sp³-hybridized carbons (Fsp3) is 0.250. The van der Waals surface area contributed by atoms with Crippen LogP contribution in [-0.2, 0) is 14.3 Å². The van der Waals surface area contributed by atoms with E-state index in [1.165, 1.54) is 32.2 Å². The standard InChI is InChI=1S/C20H22N2O6/c1-22(12-18(23)21-14-7-6-8-15(11-14)26-2)19(24)13-28-17-10-5-4-9-16(17)20(25)27-3/h4-11H,12-13H2,1-3H3,(H,21,23). The SMILES string of the molecule is COC(=O)c1ccccc1OCC(=O)N(C)CC(=O)Nc1cccc(OC)c1. The van der Waals surface area contributed by atoms with Crippen LogP contribution in [0.15, 0.2) is 48.5 Å². The number of methoxy groups -OCH3 is 2. The molecule has 0 aliphatic rings. The second kappa shape index (κ2) is 9.96. The molecule has 0 fully saturated rings. The van der Waals surface area contributed by atoms with E-state index in [9.17, 15) is 14.4 Å². The van der Waals surface area contributed by atoms with Gasteiger partial charge >= 0.3 is 5.97 Å². The summed E-state index contributed by atoms with van der Waals surface area (Å²) in [7, 11) is 4.29. The van der Waals surface area contributed by atoms with Gasteiger partial charge in [0.1, 0.15) is 17.1 Å². The molecule has 2 aromatic carbocycles. The summed E-state index contributed by atoms with van der Waals surface area (Å²) >= 11 is 0. The summed E-state index contributed by atoms with van der Waals surface area (Å²) < 4.78 is 15.2. The molecule has 0 aliphatic heterocycles. The first-order valence-corrected chi connectivity index (χ1v) is 8.42. The van der Waals surface area contributed by atoms with E-state index in [0.29, 0.717) is 11.4 Å². The van der Waals surface area contributed by atoms with Crippen LogP contribution >= 0.6 is 0 Å². The second-order valence-corrected chi connectivity index (χ2v) is 5.81. The third-order valence-electron chi connectivity index (χ3n) is 3.80. The summed E-state index contributed by atoms with van der Waals surface area (Å²) in [6, 6.07) is 13.3. The molecule has 0 atom stereocenters. The maximum atomic E-state index is 12.2. The van der Waals surface area contributed by atoms with Crippen molar-refractivity contribution in [1.82, 2.24) is 4.90 Å². The fourth-order valence-corrected chi connectivity index (χ4v) is 2.33. The van der Waals surface area contributed by atoms with E-state index < -0.39 is 11.9 Å². The zero-order valence-corrected chi connectivity index (χ0v) is 15.9. The molecule has 8 heteroatoms. The number of anilines is 1. The topological polar surface area (TPSA) is 94.2 Å². The predicted octanol–water partition coefficient (Wildman–Crippen LogP) is 1.96. The first kappa shape index (κ1) is 20.8. The molecule has 8 nitrogen and oxygen atoms in total. The summed E-state index contributed by atoms with van der Waals surface area (Å²) in [5, 5.41) is 2.69. The molecule has 0 saturated carbocycles. The minimum Gasteiger partial charge on any atom is -0.497 e. The Morgan fingerprint density at radius 3 is 2.50 bits per heavy atom. The van der Waals surface area contributed by atoms with Crippen molar-refractivity contribution < 1.29 is 28.6 Å². The van der Waals surface area contributed by atoms with E-state index in [1.807, 2.05) is 0 Å². The molecule has 2 amide bonds. The number of para-hydroxylation sites is 1. The zero-order valence-electron chi connectivity index (χ0n) is 15.9. The lowest BCUT2D eigenvalue weighted by Gasteiger charge is -2.18. The molecule has 2 rings (SSSR count). The zero-order chi connectivity index (χ0) is 20.5. The number of amides is 2. The highest BCUT2D eigenvalue weighted by Gasteiger charge is 2.17. The maximum Gasteiger partial charge on any atom is 0.341 e. The Balaban J connectivity index is 1.89. The molecular formula is C20H22N2O6. The molecule has 2 aromatic rings. The second-order valence-electron chi connectivity index (χ2n) is 5.81. The van der Waals surface area contributed by atoms with Gasteiger partial charge in [-0.2, -0.15) is 0 Å². The maximum absolute atomic E-state index is 12.2. The van der Waals surface area contributed by atoms with Crippen LogP contribution in [0.2, 0.25) is 0 Å². The van der Waals surface area contributed by atoms with Gasteiger partial charge in [0, 0.05) is 18.8 Å². The molecular weight excluding hydrogens is 364 g/mol. The Morgan fingerprint density at radius 2 is 1.79 bits per heavy atom. The van der Waals surface area contributed by atoms with Crippen molar-refractivity contribution in [3.8, 4) is 11.5 Å². The molecule has 0 unspecified atom stereocenters. The number of hydrogen-bond donors (Lipinski definition) is 1. The largest absolute Gasteiger partial charge is 0.497 e. The third kappa shape index (κ3) is 5.73. The molecule has 0 aromatic heterocycles. The Kier molecular flexibility index (Phi) is 7.38. The van der Waals surface area contributed by atoms with Crippen LogP contribution in [-0.4, -0.2) is 57.1 Å². The minimum atomic E-state index is -0.561. The van der Waals surface area contributed by atoms with E-state index in [1.54, 1.807) is 42.5 Å².